The number of hydrogen-bond donors (Lipinski definition) is 2. The third kappa shape index (κ3) is 2.47. The van der Waals surface area contributed by atoms with Crippen LogP contribution >= 0.6 is 15.9 Å². The highest BCUT2D eigenvalue weighted by Crippen LogP contribution is 2.27. The van der Waals surface area contributed by atoms with Crippen molar-refractivity contribution in [1.29, 1.82) is 0 Å². The van der Waals surface area contributed by atoms with E-state index in [0.717, 1.165) is 15.7 Å². The first kappa shape index (κ1) is 11.5. The SMILES string of the molecule is CN(C)c1ccc(C(N)CO)cc1Br. The molecular formula is C10H15BrN2O. The molecule has 14 heavy (non-hydrogen) atoms. The normalized spacial score (nSPS) is 12.6. The highest BCUT2D eigenvalue weighted by Gasteiger charge is 2.07. The summed E-state index contributed by atoms with van der Waals surface area (Å²) >= 11 is 3.47. The molecule has 1 aromatic rings. The lowest BCUT2D eigenvalue weighted by Gasteiger charge is -2.16. The minimum absolute atomic E-state index is 0.0340. The largest absolute Gasteiger partial charge is 0.394 e. The van der Waals surface area contributed by atoms with Crippen LogP contribution in [0.15, 0.2) is 22.7 Å². The minimum atomic E-state index is -0.303. The quantitative estimate of drug-likeness (QED) is 0.865. The Morgan fingerprint density at radius 3 is 2.57 bits per heavy atom. The first-order valence-electron chi connectivity index (χ1n) is 4.39. The summed E-state index contributed by atoms with van der Waals surface area (Å²) in [4.78, 5) is 2.01. The summed E-state index contributed by atoms with van der Waals surface area (Å²) in [5.41, 5.74) is 7.74. The van der Waals surface area contributed by atoms with Gasteiger partial charge in [0, 0.05) is 18.6 Å². The molecule has 1 rings (SSSR count). The van der Waals surface area contributed by atoms with Crippen LogP contribution in [-0.4, -0.2) is 25.8 Å². The van der Waals surface area contributed by atoms with Gasteiger partial charge in [0.1, 0.15) is 0 Å². The lowest BCUT2D eigenvalue weighted by Crippen LogP contribution is -2.15. The summed E-state index contributed by atoms with van der Waals surface area (Å²) < 4.78 is 0.990. The number of aliphatic hydroxyl groups is 1. The molecule has 0 aliphatic carbocycles. The number of hydrogen-bond acceptors (Lipinski definition) is 3. The van der Waals surface area contributed by atoms with Crippen molar-refractivity contribution in [2.45, 2.75) is 6.04 Å². The molecule has 0 amide bonds. The predicted molar refractivity (Wildman–Crippen MR) is 62.5 cm³/mol. The van der Waals surface area contributed by atoms with Crippen LogP contribution in [0.25, 0.3) is 0 Å². The van der Waals surface area contributed by atoms with Crippen LogP contribution < -0.4 is 10.6 Å². The number of anilines is 1. The molecule has 4 heteroatoms. The van der Waals surface area contributed by atoms with Crippen LogP contribution in [0, 0.1) is 0 Å². The number of rotatable bonds is 3. The lowest BCUT2D eigenvalue weighted by atomic mass is 10.1. The Bertz CT molecular complexity index is 315. The van der Waals surface area contributed by atoms with E-state index < -0.39 is 0 Å². The maximum absolute atomic E-state index is 8.91. The van der Waals surface area contributed by atoms with Gasteiger partial charge >= 0.3 is 0 Å². The predicted octanol–water partition coefficient (Wildman–Crippen LogP) is 1.51. The fraction of sp³-hybridized carbons (Fsp3) is 0.400. The van der Waals surface area contributed by atoms with Crippen LogP contribution in [0.5, 0.6) is 0 Å². The molecule has 0 saturated carbocycles. The number of nitrogens with two attached hydrogens (primary N) is 1. The van der Waals surface area contributed by atoms with Crippen molar-refractivity contribution >= 4 is 21.6 Å². The second-order valence-corrected chi connectivity index (χ2v) is 4.25. The monoisotopic (exact) mass is 258 g/mol. The number of aliphatic hydroxyl groups excluding tert-OH is 1. The minimum Gasteiger partial charge on any atom is -0.394 e. The number of halogens is 1. The van der Waals surface area contributed by atoms with E-state index in [4.69, 9.17) is 10.8 Å². The van der Waals surface area contributed by atoms with Crippen LogP contribution in [0.2, 0.25) is 0 Å². The fourth-order valence-electron chi connectivity index (χ4n) is 1.22. The Hall–Kier alpha value is -0.580. The molecule has 1 unspecified atom stereocenters. The second kappa shape index (κ2) is 4.77. The summed E-state index contributed by atoms with van der Waals surface area (Å²) in [6, 6.07) is 5.55. The van der Waals surface area contributed by atoms with Crippen molar-refractivity contribution in [3.63, 3.8) is 0 Å². The van der Waals surface area contributed by atoms with Gasteiger partial charge in [-0.3, -0.25) is 0 Å². The van der Waals surface area contributed by atoms with E-state index in [1.165, 1.54) is 0 Å². The van der Waals surface area contributed by atoms with Crippen LogP contribution in [0.1, 0.15) is 11.6 Å². The summed E-state index contributed by atoms with van der Waals surface area (Å²) in [6.45, 7) is -0.0340. The maximum atomic E-state index is 8.91. The zero-order chi connectivity index (χ0) is 10.7. The summed E-state index contributed by atoms with van der Waals surface area (Å²) in [5.74, 6) is 0. The van der Waals surface area contributed by atoms with Gasteiger partial charge in [0.2, 0.25) is 0 Å². The van der Waals surface area contributed by atoms with E-state index in [1.54, 1.807) is 0 Å². The van der Waals surface area contributed by atoms with Gasteiger partial charge in [-0.25, -0.2) is 0 Å². The van der Waals surface area contributed by atoms with Gasteiger partial charge < -0.3 is 15.7 Å². The standard InChI is InChI=1S/C10H15BrN2O/c1-13(2)10-4-3-7(5-8(10)11)9(12)6-14/h3-5,9,14H,6,12H2,1-2H3. The third-order valence-electron chi connectivity index (χ3n) is 2.08. The van der Waals surface area contributed by atoms with Crippen molar-refractivity contribution < 1.29 is 5.11 Å². The highest BCUT2D eigenvalue weighted by molar-refractivity contribution is 9.10. The average Bonchev–Trinajstić information content (AvgIpc) is 2.15. The van der Waals surface area contributed by atoms with Crippen LogP contribution in [0.4, 0.5) is 5.69 Å². The Labute approximate surface area is 92.7 Å². The molecule has 0 aromatic heterocycles. The Balaban J connectivity index is 3.00. The maximum Gasteiger partial charge on any atom is 0.0624 e. The lowest BCUT2D eigenvalue weighted by molar-refractivity contribution is 0.268. The van der Waals surface area contributed by atoms with E-state index in [9.17, 15) is 0 Å². The molecule has 3 nitrogen and oxygen atoms in total. The molecule has 0 aliphatic heterocycles. The van der Waals surface area contributed by atoms with Gasteiger partial charge in [-0.15, -0.1) is 0 Å². The smallest absolute Gasteiger partial charge is 0.0624 e. The van der Waals surface area contributed by atoms with E-state index in [1.807, 2.05) is 37.2 Å². The van der Waals surface area contributed by atoms with Gasteiger partial charge in [-0.2, -0.15) is 0 Å². The molecule has 0 heterocycles. The molecule has 3 N–H and O–H groups in total. The van der Waals surface area contributed by atoms with Crippen LogP contribution in [-0.2, 0) is 0 Å². The molecule has 0 saturated heterocycles. The van der Waals surface area contributed by atoms with Crippen molar-refractivity contribution in [3.05, 3.63) is 28.2 Å². The molecule has 78 valence electrons. The van der Waals surface area contributed by atoms with E-state index in [2.05, 4.69) is 15.9 Å². The van der Waals surface area contributed by atoms with Gasteiger partial charge in [-0.05, 0) is 33.6 Å². The second-order valence-electron chi connectivity index (χ2n) is 3.39. The van der Waals surface area contributed by atoms with Gasteiger partial charge in [0.25, 0.3) is 0 Å². The first-order chi connectivity index (χ1) is 6.56. The summed E-state index contributed by atoms with van der Waals surface area (Å²) in [5, 5.41) is 8.91. The van der Waals surface area contributed by atoms with Gasteiger partial charge in [-0.1, -0.05) is 6.07 Å². The third-order valence-corrected chi connectivity index (χ3v) is 2.71. The van der Waals surface area contributed by atoms with E-state index >= 15 is 0 Å². The number of nitrogens with zero attached hydrogens (tertiary/aromatic N) is 1. The first-order valence-corrected chi connectivity index (χ1v) is 5.18. The molecule has 0 fully saturated rings. The van der Waals surface area contributed by atoms with Gasteiger partial charge in [0.05, 0.1) is 18.3 Å². The topological polar surface area (TPSA) is 49.5 Å². The molecule has 1 aromatic carbocycles. The van der Waals surface area contributed by atoms with Crippen molar-refractivity contribution in [1.82, 2.24) is 0 Å². The summed E-state index contributed by atoms with van der Waals surface area (Å²) in [7, 11) is 3.96. The fourth-order valence-corrected chi connectivity index (χ4v) is 1.97. The Kier molecular flexibility index (Phi) is 3.92. The Morgan fingerprint density at radius 1 is 1.50 bits per heavy atom. The van der Waals surface area contributed by atoms with E-state index in [-0.39, 0.29) is 12.6 Å². The highest BCUT2D eigenvalue weighted by atomic mass is 79.9. The van der Waals surface area contributed by atoms with Crippen molar-refractivity contribution in [2.24, 2.45) is 5.73 Å². The average molecular weight is 259 g/mol. The Morgan fingerprint density at radius 2 is 2.14 bits per heavy atom. The molecule has 0 bridgehead atoms. The molecule has 0 aliphatic rings. The van der Waals surface area contributed by atoms with Crippen molar-refractivity contribution in [2.75, 3.05) is 25.6 Å². The van der Waals surface area contributed by atoms with E-state index in [0.29, 0.717) is 0 Å². The molecule has 1 atom stereocenters. The van der Waals surface area contributed by atoms with Crippen LogP contribution in [0.3, 0.4) is 0 Å². The molecular weight excluding hydrogens is 244 g/mol. The number of benzene rings is 1. The summed E-state index contributed by atoms with van der Waals surface area (Å²) in [6.07, 6.45) is 0. The zero-order valence-corrected chi connectivity index (χ0v) is 9.95. The molecule has 0 radical (unpaired) electrons. The van der Waals surface area contributed by atoms with Gasteiger partial charge in [0.15, 0.2) is 0 Å². The zero-order valence-electron chi connectivity index (χ0n) is 8.37. The molecule has 0 spiro atoms. The van der Waals surface area contributed by atoms with Crippen molar-refractivity contribution in [3.8, 4) is 0 Å².